The summed E-state index contributed by atoms with van der Waals surface area (Å²) < 4.78 is 0. The predicted molar refractivity (Wildman–Crippen MR) is 88.3 cm³/mol. The molecule has 0 fully saturated rings. The van der Waals surface area contributed by atoms with Gasteiger partial charge in [0, 0.05) is 25.7 Å². The van der Waals surface area contributed by atoms with Gasteiger partial charge in [-0.2, -0.15) is 0 Å². The maximum atomic E-state index is 3.63. The Bertz CT molecular complexity index is 565. The lowest BCUT2D eigenvalue weighted by molar-refractivity contribution is 0.226. The van der Waals surface area contributed by atoms with Crippen molar-refractivity contribution in [3.8, 4) is 0 Å². The highest BCUT2D eigenvalue weighted by Gasteiger charge is 2.19. The second-order valence-electron chi connectivity index (χ2n) is 5.77. The van der Waals surface area contributed by atoms with Crippen LogP contribution in [0.4, 0.5) is 0 Å². The molecule has 1 aliphatic heterocycles. The normalized spacial score (nSPS) is 16.4. The highest BCUT2D eigenvalue weighted by Crippen LogP contribution is 2.21. The van der Waals surface area contributed by atoms with Gasteiger partial charge in [-0.3, -0.25) is 4.90 Å². The van der Waals surface area contributed by atoms with Crippen LogP contribution in [-0.2, 0) is 13.0 Å². The Morgan fingerprint density at radius 2 is 1.71 bits per heavy atom. The Morgan fingerprint density at radius 3 is 2.48 bits per heavy atom. The highest BCUT2D eigenvalue weighted by atomic mass is 15.2. The molecule has 0 aromatic heterocycles. The quantitative estimate of drug-likeness (QED) is 0.903. The van der Waals surface area contributed by atoms with Crippen molar-refractivity contribution in [1.82, 2.24) is 10.2 Å². The van der Waals surface area contributed by atoms with Crippen LogP contribution >= 0.6 is 0 Å². The lowest BCUT2D eigenvalue weighted by Crippen LogP contribution is -2.38. The van der Waals surface area contributed by atoms with Gasteiger partial charge < -0.3 is 5.32 Å². The lowest BCUT2D eigenvalue weighted by atomic mass is 9.98. The summed E-state index contributed by atoms with van der Waals surface area (Å²) in [5.74, 6) is 0. The van der Waals surface area contributed by atoms with E-state index in [1.165, 1.54) is 23.1 Å². The average molecular weight is 280 g/mol. The largest absolute Gasteiger partial charge is 0.309 e. The maximum Gasteiger partial charge on any atom is 0.0449 e. The van der Waals surface area contributed by atoms with Gasteiger partial charge in [0.2, 0.25) is 0 Å². The third-order valence-corrected chi connectivity index (χ3v) is 4.30. The first-order chi connectivity index (χ1) is 10.4. The Hall–Kier alpha value is -1.64. The van der Waals surface area contributed by atoms with Crippen molar-refractivity contribution in [2.75, 3.05) is 19.6 Å². The molecule has 1 atom stereocenters. The third kappa shape index (κ3) is 3.52. The van der Waals surface area contributed by atoms with Crippen molar-refractivity contribution >= 4 is 0 Å². The first-order valence-corrected chi connectivity index (χ1v) is 7.94. The fourth-order valence-corrected chi connectivity index (χ4v) is 3.19. The van der Waals surface area contributed by atoms with Crippen LogP contribution in [-0.4, -0.2) is 24.5 Å². The molecule has 1 heterocycles. The molecule has 0 amide bonds. The third-order valence-electron chi connectivity index (χ3n) is 4.30. The second kappa shape index (κ2) is 6.88. The minimum Gasteiger partial charge on any atom is -0.309 e. The first-order valence-electron chi connectivity index (χ1n) is 7.94. The monoisotopic (exact) mass is 280 g/mol. The predicted octanol–water partition coefficient (Wildman–Crippen LogP) is 3.40. The Morgan fingerprint density at radius 1 is 1.00 bits per heavy atom. The molecule has 21 heavy (non-hydrogen) atoms. The van der Waals surface area contributed by atoms with Crippen LogP contribution in [0.3, 0.4) is 0 Å². The molecule has 0 bridgehead atoms. The number of hydrogen-bond donors (Lipinski definition) is 1. The van der Waals surface area contributed by atoms with Crippen LogP contribution < -0.4 is 5.32 Å². The van der Waals surface area contributed by atoms with Crippen molar-refractivity contribution in [1.29, 1.82) is 0 Å². The number of rotatable bonds is 5. The van der Waals surface area contributed by atoms with Gasteiger partial charge in [-0.25, -0.2) is 0 Å². The Kier molecular flexibility index (Phi) is 4.69. The van der Waals surface area contributed by atoms with E-state index in [4.69, 9.17) is 0 Å². The molecule has 2 heteroatoms. The van der Waals surface area contributed by atoms with Crippen molar-refractivity contribution in [3.63, 3.8) is 0 Å². The van der Waals surface area contributed by atoms with E-state index in [1.807, 2.05) is 0 Å². The minimum absolute atomic E-state index is 0.418. The fourth-order valence-electron chi connectivity index (χ4n) is 3.19. The van der Waals surface area contributed by atoms with Crippen molar-refractivity contribution in [3.05, 3.63) is 71.3 Å². The highest BCUT2D eigenvalue weighted by molar-refractivity contribution is 5.29. The summed E-state index contributed by atoms with van der Waals surface area (Å²) in [6.45, 7) is 6.49. The van der Waals surface area contributed by atoms with Crippen LogP contribution in [0.2, 0.25) is 0 Å². The van der Waals surface area contributed by atoms with Crippen molar-refractivity contribution < 1.29 is 0 Å². The molecule has 1 aliphatic rings. The van der Waals surface area contributed by atoms with E-state index in [-0.39, 0.29) is 0 Å². The first kappa shape index (κ1) is 14.3. The average Bonchev–Trinajstić information content (AvgIpc) is 2.55. The number of benzene rings is 2. The molecular formula is C19H24N2. The smallest absolute Gasteiger partial charge is 0.0449 e. The van der Waals surface area contributed by atoms with E-state index in [9.17, 15) is 0 Å². The summed E-state index contributed by atoms with van der Waals surface area (Å²) in [4.78, 5) is 2.57. The number of fused-ring (bicyclic) bond motifs is 1. The summed E-state index contributed by atoms with van der Waals surface area (Å²) in [5.41, 5.74) is 4.40. The summed E-state index contributed by atoms with van der Waals surface area (Å²) in [5, 5.41) is 3.63. The molecule has 0 saturated carbocycles. The summed E-state index contributed by atoms with van der Waals surface area (Å²) >= 11 is 0. The van der Waals surface area contributed by atoms with E-state index >= 15 is 0 Å². The number of likely N-dealkylation sites (N-methyl/N-ethyl adjacent to an activating group) is 1. The standard InChI is InChI=1S/C19H24N2/c1-2-20-19(17-9-4-3-5-10-17)15-21-13-12-16-8-6-7-11-18(16)14-21/h3-11,19-20H,2,12-15H2,1H3. The maximum absolute atomic E-state index is 3.63. The fraction of sp³-hybridized carbons (Fsp3) is 0.368. The minimum atomic E-state index is 0.418. The summed E-state index contributed by atoms with van der Waals surface area (Å²) in [6, 6.07) is 20.1. The molecule has 0 aliphatic carbocycles. The van der Waals surface area contributed by atoms with Gasteiger partial charge in [-0.1, -0.05) is 61.5 Å². The van der Waals surface area contributed by atoms with E-state index in [2.05, 4.69) is 71.7 Å². The molecule has 1 N–H and O–H groups in total. The van der Waals surface area contributed by atoms with Crippen LogP contribution in [0.15, 0.2) is 54.6 Å². The molecule has 3 rings (SSSR count). The van der Waals surface area contributed by atoms with Gasteiger partial charge in [-0.15, -0.1) is 0 Å². The van der Waals surface area contributed by atoms with E-state index < -0.39 is 0 Å². The van der Waals surface area contributed by atoms with Gasteiger partial charge in [-0.05, 0) is 29.7 Å². The van der Waals surface area contributed by atoms with Crippen LogP contribution in [0.1, 0.15) is 29.7 Å². The van der Waals surface area contributed by atoms with Crippen molar-refractivity contribution in [2.45, 2.75) is 25.9 Å². The molecular weight excluding hydrogens is 256 g/mol. The van der Waals surface area contributed by atoms with E-state index in [1.54, 1.807) is 0 Å². The van der Waals surface area contributed by atoms with Gasteiger partial charge in [0.15, 0.2) is 0 Å². The van der Waals surface area contributed by atoms with Crippen LogP contribution in [0.5, 0.6) is 0 Å². The van der Waals surface area contributed by atoms with Crippen LogP contribution in [0.25, 0.3) is 0 Å². The van der Waals surface area contributed by atoms with E-state index in [0.717, 1.165) is 26.2 Å². The topological polar surface area (TPSA) is 15.3 Å². The SMILES string of the molecule is CCNC(CN1CCc2ccccc2C1)c1ccccc1. The van der Waals surface area contributed by atoms with Gasteiger partial charge >= 0.3 is 0 Å². The molecule has 0 saturated heterocycles. The zero-order chi connectivity index (χ0) is 14.5. The number of nitrogens with one attached hydrogen (secondary N) is 1. The zero-order valence-electron chi connectivity index (χ0n) is 12.8. The van der Waals surface area contributed by atoms with E-state index in [0.29, 0.717) is 6.04 Å². The number of nitrogens with zero attached hydrogens (tertiary/aromatic N) is 1. The molecule has 0 spiro atoms. The van der Waals surface area contributed by atoms with Gasteiger partial charge in [0.25, 0.3) is 0 Å². The van der Waals surface area contributed by atoms with Crippen molar-refractivity contribution in [2.24, 2.45) is 0 Å². The summed E-state index contributed by atoms with van der Waals surface area (Å²) in [6.07, 6.45) is 1.17. The molecule has 0 radical (unpaired) electrons. The molecule has 2 nitrogen and oxygen atoms in total. The Balaban J connectivity index is 1.70. The zero-order valence-corrected chi connectivity index (χ0v) is 12.8. The van der Waals surface area contributed by atoms with Gasteiger partial charge in [0.05, 0.1) is 0 Å². The Labute approximate surface area is 127 Å². The van der Waals surface area contributed by atoms with Gasteiger partial charge in [0.1, 0.15) is 0 Å². The molecule has 2 aromatic rings. The summed E-state index contributed by atoms with van der Waals surface area (Å²) in [7, 11) is 0. The molecule has 2 aromatic carbocycles. The molecule has 110 valence electrons. The van der Waals surface area contributed by atoms with Crippen LogP contribution in [0, 0.1) is 0 Å². The lowest BCUT2D eigenvalue weighted by Gasteiger charge is -2.32. The molecule has 1 unspecified atom stereocenters. The second-order valence-corrected chi connectivity index (χ2v) is 5.77. The number of hydrogen-bond acceptors (Lipinski definition) is 2.